The average molecular weight is 540 g/mol. The highest BCUT2D eigenvalue weighted by molar-refractivity contribution is 5.92. The molecule has 1 atom stereocenters. The third-order valence-electron chi connectivity index (χ3n) is 7.21. The molecule has 1 aliphatic rings. The highest BCUT2D eigenvalue weighted by Gasteiger charge is 2.38. The zero-order valence-electron chi connectivity index (χ0n) is 21.4. The van der Waals surface area contributed by atoms with Crippen molar-refractivity contribution in [3.8, 4) is 12.1 Å². The van der Waals surface area contributed by atoms with Crippen molar-refractivity contribution in [3.63, 3.8) is 0 Å². The van der Waals surface area contributed by atoms with Crippen molar-refractivity contribution in [2.45, 2.75) is 12.1 Å². The molecule has 1 unspecified atom stereocenters. The summed E-state index contributed by atoms with van der Waals surface area (Å²) in [6.45, 7) is 0.508. The molecule has 40 heavy (non-hydrogen) atoms. The summed E-state index contributed by atoms with van der Waals surface area (Å²) in [7, 11) is 1.52. The molecule has 1 saturated heterocycles. The first-order chi connectivity index (χ1) is 19.2. The normalized spacial score (nSPS) is 15.7. The van der Waals surface area contributed by atoms with Crippen LogP contribution in [0.2, 0.25) is 0 Å². The van der Waals surface area contributed by atoms with E-state index in [4.69, 9.17) is 5.73 Å². The Balaban J connectivity index is 1.63. The van der Waals surface area contributed by atoms with Gasteiger partial charge in [-0.25, -0.2) is 13.8 Å². The molecule has 11 heteroatoms. The van der Waals surface area contributed by atoms with Crippen LogP contribution in [0.4, 0.5) is 14.5 Å². The molecule has 2 aromatic heterocycles. The predicted octanol–water partition coefficient (Wildman–Crippen LogP) is 2.72. The number of halogens is 2. The number of carbonyl (C=O) groups excluding carboxylic acids is 1. The number of fused-ring (bicyclic) bond motifs is 1. The minimum Gasteiger partial charge on any atom is -0.368 e. The van der Waals surface area contributed by atoms with Crippen LogP contribution in [0.15, 0.2) is 65.5 Å². The lowest BCUT2D eigenvalue weighted by Gasteiger charge is -2.45. The summed E-state index contributed by atoms with van der Waals surface area (Å²) in [5, 5.41) is 19.4. The van der Waals surface area contributed by atoms with Gasteiger partial charge in [-0.1, -0.05) is 24.3 Å². The van der Waals surface area contributed by atoms with Crippen LogP contribution in [0.1, 0.15) is 28.4 Å². The van der Waals surface area contributed by atoms with E-state index >= 15 is 0 Å². The molecule has 0 radical (unpaired) electrons. The largest absolute Gasteiger partial charge is 0.368 e. The van der Waals surface area contributed by atoms with Crippen molar-refractivity contribution in [2.24, 2.45) is 12.8 Å². The van der Waals surface area contributed by atoms with E-state index < -0.39 is 35.2 Å². The Morgan fingerprint density at radius 2 is 1.57 bits per heavy atom. The minimum atomic E-state index is -0.918. The zero-order valence-corrected chi connectivity index (χ0v) is 21.4. The summed E-state index contributed by atoms with van der Waals surface area (Å²) < 4.78 is 28.9. The Morgan fingerprint density at radius 3 is 2.10 bits per heavy atom. The van der Waals surface area contributed by atoms with Gasteiger partial charge in [0.2, 0.25) is 5.91 Å². The van der Waals surface area contributed by atoms with Gasteiger partial charge >= 0.3 is 0 Å². The fourth-order valence-electron chi connectivity index (χ4n) is 5.29. The molecule has 0 aliphatic carbocycles. The Hall–Kier alpha value is -5.13. The molecule has 2 aromatic carbocycles. The Bertz CT molecular complexity index is 1710. The van der Waals surface area contributed by atoms with Gasteiger partial charge in [0.05, 0.1) is 17.2 Å². The highest BCUT2D eigenvalue weighted by Crippen LogP contribution is 2.35. The number of nitriles is 2. The molecule has 2 N–H and O–H groups in total. The van der Waals surface area contributed by atoms with E-state index in [2.05, 4.69) is 4.98 Å². The molecular weight excluding hydrogens is 516 g/mol. The summed E-state index contributed by atoms with van der Waals surface area (Å²) in [5.41, 5.74) is 7.58. The predicted molar refractivity (Wildman–Crippen MR) is 143 cm³/mol. The first-order valence-corrected chi connectivity index (χ1v) is 12.4. The number of nitrogens with zero attached hydrogens (tertiary/aromatic N) is 6. The van der Waals surface area contributed by atoms with Gasteiger partial charge in [0.25, 0.3) is 5.56 Å². The number of rotatable bonds is 5. The Labute approximate surface area is 227 Å². The number of nitrogens with two attached hydrogens (primary N) is 1. The number of amides is 1. The van der Waals surface area contributed by atoms with Crippen LogP contribution in [0.5, 0.6) is 0 Å². The van der Waals surface area contributed by atoms with Crippen molar-refractivity contribution in [2.75, 3.05) is 24.5 Å². The SMILES string of the molecule is Cn1c(=O)c(C#N)c(N2CCN(C(c3ccc(F)cc3)c3ccc(F)cc3)C(C(N)=O)C2)c2nc(C#N)ccc21. The fraction of sp³-hybridized carbons (Fsp3) is 0.207. The number of pyridine rings is 2. The van der Waals surface area contributed by atoms with E-state index in [1.54, 1.807) is 35.2 Å². The van der Waals surface area contributed by atoms with Gasteiger partial charge < -0.3 is 15.2 Å². The van der Waals surface area contributed by atoms with E-state index in [-0.39, 0.29) is 42.1 Å². The number of hydrogen-bond acceptors (Lipinski definition) is 7. The first-order valence-electron chi connectivity index (χ1n) is 12.4. The van der Waals surface area contributed by atoms with Crippen molar-refractivity contribution in [3.05, 3.63) is 105 Å². The third-order valence-corrected chi connectivity index (χ3v) is 7.21. The molecule has 200 valence electrons. The van der Waals surface area contributed by atoms with Crippen LogP contribution in [-0.2, 0) is 11.8 Å². The number of piperazine rings is 1. The monoisotopic (exact) mass is 539 g/mol. The molecule has 9 nitrogen and oxygen atoms in total. The molecule has 1 fully saturated rings. The molecule has 0 spiro atoms. The zero-order chi connectivity index (χ0) is 28.6. The average Bonchev–Trinajstić information content (AvgIpc) is 2.96. The number of aryl methyl sites for hydroxylation is 1. The second-order valence-corrected chi connectivity index (χ2v) is 9.48. The lowest BCUT2D eigenvalue weighted by Crippen LogP contribution is -2.59. The van der Waals surface area contributed by atoms with E-state index in [0.29, 0.717) is 16.6 Å². The smallest absolute Gasteiger partial charge is 0.270 e. The molecule has 1 amide bonds. The molecule has 1 aliphatic heterocycles. The van der Waals surface area contributed by atoms with Crippen LogP contribution in [-0.4, -0.2) is 46.0 Å². The number of aromatic nitrogens is 2. The van der Waals surface area contributed by atoms with E-state index in [0.717, 1.165) is 0 Å². The van der Waals surface area contributed by atoms with Crippen LogP contribution in [0.3, 0.4) is 0 Å². The maximum Gasteiger partial charge on any atom is 0.270 e. The maximum absolute atomic E-state index is 13.8. The lowest BCUT2D eigenvalue weighted by molar-refractivity contribution is -0.124. The number of hydrogen-bond donors (Lipinski definition) is 1. The summed E-state index contributed by atoms with van der Waals surface area (Å²) >= 11 is 0. The third kappa shape index (κ3) is 4.64. The fourth-order valence-corrected chi connectivity index (χ4v) is 5.29. The van der Waals surface area contributed by atoms with Crippen LogP contribution < -0.4 is 16.2 Å². The van der Waals surface area contributed by atoms with Gasteiger partial charge in [0.15, 0.2) is 0 Å². The molecule has 3 heterocycles. The summed E-state index contributed by atoms with van der Waals surface area (Å²) in [6.07, 6.45) is 0. The maximum atomic E-state index is 13.8. The number of carbonyl (C=O) groups is 1. The topological polar surface area (TPSA) is 132 Å². The number of benzene rings is 2. The van der Waals surface area contributed by atoms with Crippen molar-refractivity contribution < 1.29 is 13.6 Å². The standard InChI is InChI=1S/C29H23F2N7O2/c1-36-23-11-10-21(14-32)35-25(23)27(22(15-33)29(36)40)37-12-13-38(24(16-37)28(34)39)26(17-2-6-19(30)7-3-17)18-4-8-20(31)9-5-18/h2-11,24,26H,12-13,16H2,1H3,(H2,34,39). The van der Waals surface area contributed by atoms with Gasteiger partial charge in [0, 0.05) is 26.7 Å². The Kier molecular flexibility index (Phi) is 6.99. The number of primary amides is 1. The van der Waals surface area contributed by atoms with Crippen molar-refractivity contribution >= 4 is 22.6 Å². The van der Waals surface area contributed by atoms with Gasteiger partial charge in [0.1, 0.15) is 46.6 Å². The van der Waals surface area contributed by atoms with Gasteiger partial charge in [-0.2, -0.15) is 10.5 Å². The second-order valence-electron chi connectivity index (χ2n) is 9.48. The summed E-state index contributed by atoms with van der Waals surface area (Å²) in [4.78, 5) is 34.0. The highest BCUT2D eigenvalue weighted by atomic mass is 19.1. The van der Waals surface area contributed by atoms with Crippen molar-refractivity contribution in [1.29, 1.82) is 10.5 Å². The van der Waals surface area contributed by atoms with Crippen LogP contribution in [0.25, 0.3) is 11.0 Å². The van der Waals surface area contributed by atoms with E-state index in [1.165, 1.54) is 41.9 Å². The summed E-state index contributed by atoms with van der Waals surface area (Å²) in [5.74, 6) is -1.51. The molecule has 0 saturated carbocycles. The quantitative estimate of drug-likeness (QED) is 0.412. The van der Waals surface area contributed by atoms with Gasteiger partial charge in [-0.05, 0) is 47.5 Å². The van der Waals surface area contributed by atoms with E-state index in [9.17, 15) is 28.9 Å². The summed E-state index contributed by atoms with van der Waals surface area (Å²) in [6, 6.07) is 17.2. The molecule has 0 bridgehead atoms. The molecular formula is C29H23F2N7O2. The number of anilines is 1. The lowest BCUT2D eigenvalue weighted by atomic mass is 9.94. The van der Waals surface area contributed by atoms with E-state index in [1.807, 2.05) is 17.0 Å². The van der Waals surface area contributed by atoms with Crippen molar-refractivity contribution in [1.82, 2.24) is 14.5 Å². The van der Waals surface area contributed by atoms with Gasteiger partial charge in [-0.3, -0.25) is 14.5 Å². The van der Waals surface area contributed by atoms with Crippen LogP contribution in [0, 0.1) is 34.3 Å². The second kappa shape index (κ2) is 10.6. The first kappa shape index (κ1) is 26.5. The Morgan fingerprint density at radius 1 is 0.975 bits per heavy atom. The van der Waals surface area contributed by atoms with Gasteiger partial charge in [-0.15, -0.1) is 0 Å². The minimum absolute atomic E-state index is 0.00360. The molecule has 5 rings (SSSR count). The van der Waals surface area contributed by atoms with Crippen LogP contribution >= 0.6 is 0 Å². The molecule has 4 aromatic rings.